The van der Waals surface area contributed by atoms with E-state index in [1.165, 1.54) is 0 Å². The number of amides is 2. The van der Waals surface area contributed by atoms with Gasteiger partial charge in [-0.3, -0.25) is 9.59 Å². The van der Waals surface area contributed by atoms with E-state index in [1.54, 1.807) is 30.3 Å². The summed E-state index contributed by atoms with van der Waals surface area (Å²) in [5.74, 6) is -0.362. The van der Waals surface area contributed by atoms with Crippen LogP contribution in [-0.4, -0.2) is 30.4 Å². The van der Waals surface area contributed by atoms with Crippen LogP contribution in [0.1, 0.15) is 37.7 Å². The second kappa shape index (κ2) is 8.88. The molecule has 1 aliphatic rings. The minimum absolute atomic E-state index is 0.0718. The third-order valence-corrected chi connectivity index (χ3v) is 4.39. The number of rotatable bonds is 7. The van der Waals surface area contributed by atoms with Crippen molar-refractivity contribution >= 4 is 17.5 Å². The molecule has 6 nitrogen and oxygen atoms in total. The van der Waals surface area contributed by atoms with Crippen LogP contribution in [0.5, 0.6) is 0 Å². The van der Waals surface area contributed by atoms with Crippen LogP contribution >= 0.6 is 0 Å². The molecule has 132 valence electrons. The summed E-state index contributed by atoms with van der Waals surface area (Å²) in [5, 5.41) is 17.6. The Morgan fingerprint density at radius 2 is 1.88 bits per heavy atom. The average molecular weight is 340 g/mol. The molecule has 0 aromatic heterocycles. The molecule has 0 atom stereocenters. The first-order valence-corrected chi connectivity index (χ1v) is 8.54. The molecule has 25 heavy (non-hydrogen) atoms. The summed E-state index contributed by atoms with van der Waals surface area (Å²) >= 11 is 0. The Bertz CT molecular complexity index is 655. The lowest BCUT2D eigenvalue weighted by molar-refractivity contribution is -0.134. The summed E-state index contributed by atoms with van der Waals surface area (Å²) in [6.07, 6.45) is 5.85. The molecule has 0 saturated heterocycles. The fourth-order valence-electron chi connectivity index (χ4n) is 3.05. The molecule has 0 radical (unpaired) electrons. The van der Waals surface area contributed by atoms with E-state index in [2.05, 4.69) is 22.5 Å². The molecule has 0 bridgehead atoms. The van der Waals surface area contributed by atoms with Gasteiger partial charge in [0.1, 0.15) is 5.54 Å². The second-order valence-corrected chi connectivity index (χ2v) is 6.23. The molecular formula is C19H24N4O2. The molecule has 1 aromatic rings. The van der Waals surface area contributed by atoms with Gasteiger partial charge in [0.2, 0.25) is 11.8 Å². The number of benzene rings is 1. The Balaban J connectivity index is 1.95. The van der Waals surface area contributed by atoms with Gasteiger partial charge in [0, 0.05) is 12.2 Å². The molecule has 1 saturated carbocycles. The lowest BCUT2D eigenvalue weighted by atomic mass is 9.80. The molecule has 1 aromatic carbocycles. The molecule has 0 heterocycles. The van der Waals surface area contributed by atoms with Gasteiger partial charge in [-0.05, 0) is 37.1 Å². The summed E-state index contributed by atoms with van der Waals surface area (Å²) in [6, 6.07) is 8.92. The highest BCUT2D eigenvalue weighted by molar-refractivity contribution is 5.92. The van der Waals surface area contributed by atoms with Crippen LogP contribution in [-0.2, 0) is 9.59 Å². The van der Waals surface area contributed by atoms with Gasteiger partial charge in [0.25, 0.3) is 0 Å². The topological polar surface area (TPSA) is 94.0 Å². The molecule has 1 aliphatic carbocycles. The number of nitrogens with zero attached hydrogens (tertiary/aromatic N) is 1. The highest BCUT2D eigenvalue weighted by Gasteiger charge is 2.40. The number of carbonyl (C=O) groups excluding carboxylic acids is 2. The quantitative estimate of drug-likeness (QED) is 0.663. The van der Waals surface area contributed by atoms with Crippen molar-refractivity contribution in [1.29, 1.82) is 5.26 Å². The number of hydrogen-bond acceptors (Lipinski definition) is 4. The molecular weight excluding hydrogens is 316 g/mol. The maximum atomic E-state index is 12.5. The zero-order valence-corrected chi connectivity index (χ0v) is 14.3. The maximum Gasteiger partial charge on any atom is 0.246 e. The van der Waals surface area contributed by atoms with Crippen LogP contribution in [0.15, 0.2) is 36.9 Å². The summed E-state index contributed by atoms with van der Waals surface area (Å²) in [7, 11) is 0. The van der Waals surface area contributed by atoms with Crippen molar-refractivity contribution in [3.05, 3.63) is 42.5 Å². The highest BCUT2D eigenvalue weighted by Crippen LogP contribution is 2.28. The number of nitriles is 1. The molecule has 3 N–H and O–H groups in total. The molecule has 2 amide bonds. The van der Waals surface area contributed by atoms with Gasteiger partial charge >= 0.3 is 0 Å². The van der Waals surface area contributed by atoms with Crippen LogP contribution < -0.4 is 16.0 Å². The number of nitrogens with one attached hydrogen (secondary N) is 3. The predicted octanol–water partition coefficient (Wildman–Crippen LogP) is 2.09. The van der Waals surface area contributed by atoms with Crippen LogP contribution in [0.2, 0.25) is 0 Å². The van der Waals surface area contributed by atoms with E-state index in [1.807, 2.05) is 6.07 Å². The van der Waals surface area contributed by atoms with Gasteiger partial charge in [-0.1, -0.05) is 25.3 Å². The average Bonchev–Trinajstić information content (AvgIpc) is 2.65. The first-order valence-electron chi connectivity index (χ1n) is 8.54. The number of carbonyl (C=O) groups is 2. The molecule has 1 fully saturated rings. The minimum atomic E-state index is -0.829. The zero-order valence-electron chi connectivity index (χ0n) is 14.3. The van der Waals surface area contributed by atoms with Crippen LogP contribution in [0.25, 0.3) is 0 Å². The predicted molar refractivity (Wildman–Crippen MR) is 96.8 cm³/mol. The Morgan fingerprint density at radius 3 is 2.48 bits per heavy atom. The Hall–Kier alpha value is -2.81. The van der Waals surface area contributed by atoms with Gasteiger partial charge < -0.3 is 16.0 Å². The normalized spacial score (nSPS) is 15.5. The van der Waals surface area contributed by atoms with Crippen molar-refractivity contribution in [2.45, 2.75) is 37.6 Å². The van der Waals surface area contributed by atoms with Gasteiger partial charge in [-0.15, -0.1) is 6.58 Å². The molecule has 0 aliphatic heterocycles. The SMILES string of the molecule is C=CCNC(=O)C1(NC(=O)CNc2ccc(C#N)cc2)CCCCC1. The molecule has 6 heteroatoms. The summed E-state index contributed by atoms with van der Waals surface area (Å²) in [4.78, 5) is 24.9. The summed E-state index contributed by atoms with van der Waals surface area (Å²) in [6.45, 7) is 4.07. The summed E-state index contributed by atoms with van der Waals surface area (Å²) < 4.78 is 0. The standard InChI is InChI=1S/C19H24N4O2/c1-2-12-21-18(25)19(10-4-3-5-11-19)23-17(24)14-22-16-8-6-15(13-20)7-9-16/h2,6-9,22H,1,3-5,10-12,14H2,(H,21,25)(H,23,24). The van der Waals surface area contributed by atoms with Gasteiger partial charge in [-0.25, -0.2) is 0 Å². The number of anilines is 1. The van der Waals surface area contributed by atoms with Crippen molar-refractivity contribution in [3.63, 3.8) is 0 Å². The maximum absolute atomic E-state index is 12.5. The van der Waals surface area contributed by atoms with Gasteiger partial charge in [-0.2, -0.15) is 5.26 Å². The zero-order chi connectivity index (χ0) is 18.1. The van der Waals surface area contributed by atoms with E-state index < -0.39 is 5.54 Å². The smallest absolute Gasteiger partial charge is 0.246 e. The van der Waals surface area contributed by atoms with Crippen molar-refractivity contribution in [1.82, 2.24) is 10.6 Å². The van der Waals surface area contributed by atoms with E-state index in [4.69, 9.17) is 5.26 Å². The minimum Gasteiger partial charge on any atom is -0.376 e. The van der Waals surface area contributed by atoms with E-state index in [9.17, 15) is 9.59 Å². The Morgan fingerprint density at radius 1 is 1.20 bits per heavy atom. The van der Waals surface area contributed by atoms with Crippen molar-refractivity contribution in [2.75, 3.05) is 18.4 Å². The van der Waals surface area contributed by atoms with Crippen LogP contribution in [0, 0.1) is 11.3 Å². The van der Waals surface area contributed by atoms with Crippen LogP contribution in [0.4, 0.5) is 5.69 Å². The van der Waals surface area contributed by atoms with E-state index in [-0.39, 0.29) is 18.4 Å². The second-order valence-electron chi connectivity index (χ2n) is 6.23. The van der Waals surface area contributed by atoms with Crippen molar-refractivity contribution < 1.29 is 9.59 Å². The third kappa shape index (κ3) is 5.08. The molecule has 2 rings (SSSR count). The van der Waals surface area contributed by atoms with E-state index in [0.29, 0.717) is 24.9 Å². The van der Waals surface area contributed by atoms with Crippen molar-refractivity contribution in [3.8, 4) is 6.07 Å². The third-order valence-electron chi connectivity index (χ3n) is 4.39. The van der Waals surface area contributed by atoms with Gasteiger partial charge in [0.05, 0.1) is 18.2 Å². The van der Waals surface area contributed by atoms with E-state index in [0.717, 1.165) is 24.9 Å². The fourth-order valence-corrected chi connectivity index (χ4v) is 3.05. The van der Waals surface area contributed by atoms with Gasteiger partial charge in [0.15, 0.2) is 0 Å². The van der Waals surface area contributed by atoms with Crippen molar-refractivity contribution in [2.24, 2.45) is 0 Å². The lowest BCUT2D eigenvalue weighted by Gasteiger charge is -2.36. The highest BCUT2D eigenvalue weighted by atomic mass is 16.2. The Labute approximate surface area is 148 Å². The molecule has 0 unspecified atom stereocenters. The van der Waals surface area contributed by atoms with Crippen LogP contribution in [0.3, 0.4) is 0 Å². The summed E-state index contributed by atoms with van der Waals surface area (Å²) in [5.41, 5.74) is 0.489. The van der Waals surface area contributed by atoms with E-state index >= 15 is 0 Å². The monoisotopic (exact) mass is 340 g/mol. The first kappa shape index (κ1) is 18.5. The molecule has 0 spiro atoms. The Kier molecular flexibility index (Phi) is 6.58. The largest absolute Gasteiger partial charge is 0.376 e. The lowest BCUT2D eigenvalue weighted by Crippen LogP contribution is -2.60. The first-order chi connectivity index (χ1) is 12.1. The number of hydrogen-bond donors (Lipinski definition) is 3. The fraction of sp³-hybridized carbons (Fsp3) is 0.421.